The molecule has 0 radical (unpaired) electrons. The molecule has 1 saturated heterocycles. The van der Waals surface area contributed by atoms with Gasteiger partial charge in [-0.1, -0.05) is 17.7 Å². The Morgan fingerprint density at radius 1 is 1.33 bits per heavy atom. The zero-order valence-corrected chi connectivity index (χ0v) is 17.9. The van der Waals surface area contributed by atoms with Crippen LogP contribution in [0.4, 0.5) is 5.95 Å². The molecule has 4 atom stereocenters. The van der Waals surface area contributed by atoms with Gasteiger partial charge >= 0.3 is 7.82 Å². The molecule has 0 saturated carbocycles. The van der Waals surface area contributed by atoms with E-state index in [0.29, 0.717) is 5.56 Å². The van der Waals surface area contributed by atoms with Crippen molar-refractivity contribution in [1.82, 2.24) is 19.5 Å². The van der Waals surface area contributed by atoms with Gasteiger partial charge in [0, 0.05) is 5.56 Å². The van der Waals surface area contributed by atoms with Crippen molar-refractivity contribution in [3.8, 4) is 0 Å². The lowest BCUT2D eigenvalue weighted by Crippen LogP contribution is -2.33. The first kappa shape index (κ1) is 23.2. The molecule has 4 rings (SSSR count). The van der Waals surface area contributed by atoms with Crippen molar-refractivity contribution in [2.24, 2.45) is 0 Å². The largest absolute Gasteiger partial charge is 0.469 e. The summed E-state index contributed by atoms with van der Waals surface area (Å²) in [6.07, 6.45) is -4.55. The van der Waals surface area contributed by atoms with Crippen molar-refractivity contribution in [3.63, 3.8) is 0 Å². The second-order valence-electron chi connectivity index (χ2n) is 7.39. The highest BCUT2D eigenvalue weighted by Gasteiger charge is 2.45. The molecule has 3 heterocycles. The van der Waals surface area contributed by atoms with E-state index in [4.69, 9.17) is 14.5 Å². The number of aliphatic hydroxyl groups is 2. The summed E-state index contributed by atoms with van der Waals surface area (Å²) in [6.45, 7) is 1.12. The molecule has 0 spiro atoms. The van der Waals surface area contributed by atoms with Crippen LogP contribution in [0.5, 0.6) is 0 Å². The van der Waals surface area contributed by atoms with E-state index in [1.807, 2.05) is 13.0 Å². The van der Waals surface area contributed by atoms with E-state index in [1.54, 1.807) is 18.2 Å². The molecule has 1 aliphatic heterocycles. The van der Waals surface area contributed by atoms with Gasteiger partial charge in [-0.05, 0) is 19.1 Å². The summed E-state index contributed by atoms with van der Waals surface area (Å²) in [5, 5.41) is 23.1. The molecule has 0 unspecified atom stereocenters. The minimum Gasteiger partial charge on any atom is -0.387 e. The Kier molecular flexibility index (Phi) is 6.16. The Hall–Kier alpha value is -2.97. The lowest BCUT2D eigenvalue weighted by molar-refractivity contribution is -0.0503. The fourth-order valence-corrected chi connectivity index (χ4v) is 3.75. The number of carbonyl (C=O) groups excluding carboxylic acids is 1. The number of H-pyrrole nitrogens is 1. The predicted octanol–water partition coefficient (Wildman–Crippen LogP) is -0.591. The number of benzene rings is 1. The molecule has 1 aromatic carbocycles. The van der Waals surface area contributed by atoms with E-state index in [2.05, 4.69) is 24.8 Å². The van der Waals surface area contributed by atoms with E-state index >= 15 is 0 Å². The average Bonchev–Trinajstić information content (AvgIpc) is 3.28. The summed E-state index contributed by atoms with van der Waals surface area (Å²) >= 11 is 0. The van der Waals surface area contributed by atoms with Crippen LogP contribution in [0, 0.1) is 6.92 Å². The fraction of sp³-hybridized carbons (Fsp3) is 0.333. The third-order valence-electron chi connectivity index (χ3n) is 4.96. The molecule has 1 fully saturated rings. The van der Waals surface area contributed by atoms with Crippen LogP contribution in [0.3, 0.4) is 0 Å². The quantitative estimate of drug-likeness (QED) is 0.245. The number of rotatable bonds is 6. The van der Waals surface area contributed by atoms with Crippen LogP contribution < -0.4 is 10.9 Å². The van der Waals surface area contributed by atoms with Gasteiger partial charge in [0.1, 0.15) is 18.3 Å². The first-order valence-corrected chi connectivity index (χ1v) is 11.1. The molecule has 1 aliphatic rings. The van der Waals surface area contributed by atoms with Crippen LogP contribution in [0.1, 0.15) is 22.1 Å². The summed E-state index contributed by atoms with van der Waals surface area (Å²) in [6, 6.07) is 6.77. The second kappa shape index (κ2) is 8.76. The third kappa shape index (κ3) is 4.86. The highest BCUT2D eigenvalue weighted by molar-refractivity contribution is 7.46. The van der Waals surface area contributed by atoms with Crippen LogP contribution >= 0.6 is 7.82 Å². The minimum atomic E-state index is -4.83. The Labute approximate surface area is 185 Å². The number of aromatic amines is 1. The number of hydrogen-bond acceptors (Lipinski definition) is 9. The number of aryl methyl sites for hydroxylation is 1. The standard InChI is InChI=1S/C18H20N5O9P/c1-8-3-2-4-9(5-8)15(26)21-18-20-14-11(16(27)22-18)19-7-23(14)17-13(25)12(24)10(32-17)6-31-33(28,29)30/h2-5,7,10,12-13,17,24-25H,6H2,1H3,(H2,28,29,30)(H2,20,21,22,26,27)/t10-,12-,13-,17-/m1/s1. The van der Waals surface area contributed by atoms with Crippen molar-refractivity contribution >= 4 is 30.8 Å². The summed E-state index contributed by atoms with van der Waals surface area (Å²) < 4.78 is 21.9. The van der Waals surface area contributed by atoms with Crippen molar-refractivity contribution in [3.05, 3.63) is 52.1 Å². The lowest BCUT2D eigenvalue weighted by Gasteiger charge is -2.16. The van der Waals surface area contributed by atoms with E-state index in [-0.39, 0.29) is 17.1 Å². The number of fused-ring (bicyclic) bond motifs is 1. The predicted molar refractivity (Wildman–Crippen MR) is 111 cm³/mol. The Balaban J connectivity index is 1.62. The number of hydrogen-bond donors (Lipinski definition) is 6. The first-order valence-electron chi connectivity index (χ1n) is 9.60. The maximum atomic E-state index is 12.5. The van der Waals surface area contributed by atoms with Crippen molar-refractivity contribution in [2.75, 3.05) is 11.9 Å². The highest BCUT2D eigenvalue weighted by Crippen LogP contribution is 2.38. The van der Waals surface area contributed by atoms with Crippen LogP contribution in [0.15, 0.2) is 35.4 Å². The number of nitrogens with one attached hydrogen (secondary N) is 2. The van der Waals surface area contributed by atoms with Gasteiger partial charge in [-0.15, -0.1) is 0 Å². The van der Waals surface area contributed by atoms with Gasteiger partial charge in [0.15, 0.2) is 17.4 Å². The second-order valence-corrected chi connectivity index (χ2v) is 8.63. The van der Waals surface area contributed by atoms with Gasteiger partial charge in [0.25, 0.3) is 11.5 Å². The number of aliphatic hydroxyl groups excluding tert-OH is 2. The third-order valence-corrected chi connectivity index (χ3v) is 5.45. The van der Waals surface area contributed by atoms with Crippen molar-refractivity contribution in [1.29, 1.82) is 0 Å². The van der Waals surface area contributed by atoms with Crippen molar-refractivity contribution in [2.45, 2.75) is 31.5 Å². The summed E-state index contributed by atoms with van der Waals surface area (Å²) in [4.78, 5) is 53.2. The van der Waals surface area contributed by atoms with Gasteiger partial charge in [0.2, 0.25) is 5.95 Å². The number of carbonyl (C=O) groups is 1. The molecule has 0 bridgehead atoms. The first-order chi connectivity index (χ1) is 15.5. The molecule has 14 nitrogen and oxygen atoms in total. The number of phosphoric ester groups is 1. The van der Waals surface area contributed by atoms with E-state index < -0.39 is 50.4 Å². The molecule has 33 heavy (non-hydrogen) atoms. The monoisotopic (exact) mass is 481 g/mol. The zero-order valence-electron chi connectivity index (χ0n) is 17.0. The molecule has 2 aromatic heterocycles. The number of imidazole rings is 1. The van der Waals surface area contributed by atoms with Gasteiger partial charge in [-0.2, -0.15) is 4.98 Å². The smallest absolute Gasteiger partial charge is 0.387 e. The van der Waals surface area contributed by atoms with Gasteiger partial charge in [-0.25, -0.2) is 9.55 Å². The number of aromatic nitrogens is 4. The molecular weight excluding hydrogens is 461 g/mol. The van der Waals surface area contributed by atoms with Gasteiger partial charge in [-0.3, -0.25) is 29.0 Å². The van der Waals surface area contributed by atoms with Crippen LogP contribution in [-0.4, -0.2) is 70.3 Å². The molecular formula is C18H20N5O9P. The van der Waals surface area contributed by atoms with Crippen LogP contribution in [-0.2, 0) is 13.8 Å². The van der Waals surface area contributed by atoms with Gasteiger partial charge < -0.3 is 24.7 Å². The fourth-order valence-electron chi connectivity index (χ4n) is 3.40. The summed E-state index contributed by atoms with van der Waals surface area (Å²) in [5.74, 6) is -0.704. The molecule has 3 aromatic rings. The topological polar surface area (TPSA) is 209 Å². The number of amides is 1. The highest BCUT2D eigenvalue weighted by atomic mass is 31.2. The number of anilines is 1. The summed E-state index contributed by atoms with van der Waals surface area (Å²) in [7, 11) is -4.83. The Morgan fingerprint density at radius 2 is 2.09 bits per heavy atom. The van der Waals surface area contributed by atoms with Crippen LogP contribution in [0.25, 0.3) is 11.2 Å². The van der Waals surface area contributed by atoms with Crippen LogP contribution in [0.2, 0.25) is 0 Å². The Morgan fingerprint density at radius 3 is 2.79 bits per heavy atom. The SMILES string of the molecule is Cc1cccc(C(=O)Nc2nc3c(ncn3[C@@H]3O[C@H](COP(=O)(O)O)[C@@H](O)[C@H]3O)c(=O)[nH]2)c1. The molecule has 1 amide bonds. The maximum absolute atomic E-state index is 12.5. The maximum Gasteiger partial charge on any atom is 0.469 e. The number of ether oxygens (including phenoxy) is 1. The Bertz CT molecular complexity index is 1300. The normalized spacial score (nSPS) is 23.2. The zero-order chi connectivity index (χ0) is 23.9. The number of nitrogens with zero attached hydrogens (tertiary/aromatic N) is 3. The molecule has 6 N–H and O–H groups in total. The van der Waals surface area contributed by atoms with Gasteiger partial charge in [0.05, 0.1) is 12.9 Å². The summed E-state index contributed by atoms with van der Waals surface area (Å²) in [5.41, 5.74) is 0.347. The van der Waals surface area contributed by atoms with E-state index in [9.17, 15) is 24.4 Å². The molecule has 176 valence electrons. The van der Waals surface area contributed by atoms with E-state index in [0.717, 1.165) is 16.5 Å². The average molecular weight is 481 g/mol. The minimum absolute atomic E-state index is 0.0638. The molecule has 15 heteroatoms. The van der Waals surface area contributed by atoms with E-state index in [1.165, 1.54) is 0 Å². The number of phosphoric acid groups is 1. The lowest BCUT2D eigenvalue weighted by atomic mass is 10.1. The molecule has 0 aliphatic carbocycles. The van der Waals surface area contributed by atoms with Crippen molar-refractivity contribution < 1.29 is 38.6 Å².